The maximum atomic E-state index is 13.1. The largest absolute Gasteiger partial charge is 2.00 e. The number of carbonyl (C=O) groups excluding carboxylic acids is 4. The van der Waals surface area contributed by atoms with Crippen LogP contribution in [0.2, 0.25) is 0 Å². The fourth-order valence-corrected chi connectivity index (χ4v) is 3.38. The van der Waals surface area contributed by atoms with Gasteiger partial charge in [0.1, 0.15) is 23.1 Å². The Kier molecular flexibility index (Phi) is 12.5. The third kappa shape index (κ3) is 10.0. The molecule has 4 N–H and O–H groups in total. The minimum absolute atomic E-state index is 0. The molecule has 4 rings (SSSR count). The number of aliphatic carboxylic acids is 2. The van der Waals surface area contributed by atoms with Crippen LogP contribution in [0.25, 0.3) is 22.3 Å². The van der Waals surface area contributed by atoms with Gasteiger partial charge in [0.15, 0.2) is 11.4 Å². The molecule has 0 radical (unpaired) electrons. The van der Waals surface area contributed by atoms with Gasteiger partial charge in [-0.2, -0.15) is 0 Å². The van der Waals surface area contributed by atoms with Gasteiger partial charge in [-0.1, -0.05) is 24.3 Å². The minimum atomic E-state index is -1.46. The fourth-order valence-electron chi connectivity index (χ4n) is 3.38. The van der Waals surface area contributed by atoms with Gasteiger partial charge in [0.25, 0.3) is 11.8 Å². The number of aromatic nitrogens is 2. The molecule has 43 heavy (non-hydrogen) atoms. The number of pyridine rings is 2. The van der Waals surface area contributed by atoms with Crippen LogP contribution < -0.4 is 20.8 Å². The van der Waals surface area contributed by atoms with Crippen molar-refractivity contribution in [2.75, 3.05) is 13.1 Å². The van der Waals surface area contributed by atoms with Crippen molar-refractivity contribution >= 4 is 46.8 Å². The molecule has 0 aliphatic heterocycles. The number of hydrogen-bond acceptors (Lipinski definition) is 10. The van der Waals surface area contributed by atoms with Crippen molar-refractivity contribution in [1.82, 2.24) is 20.6 Å². The first-order chi connectivity index (χ1) is 19.9. The molecule has 0 bridgehead atoms. The van der Waals surface area contributed by atoms with E-state index in [1.807, 2.05) is 10.6 Å². The summed E-state index contributed by atoms with van der Waals surface area (Å²) >= 11 is 0. The van der Waals surface area contributed by atoms with Gasteiger partial charge in [0.2, 0.25) is 0 Å². The van der Waals surface area contributed by atoms with Gasteiger partial charge < -0.3 is 40.6 Å². The summed E-state index contributed by atoms with van der Waals surface area (Å²) in [4.78, 5) is 51.2. The Hall–Kier alpha value is -5.15. The molecule has 2 aromatic carbocycles. The van der Waals surface area contributed by atoms with Gasteiger partial charge in [-0.25, -0.2) is 18.7 Å². The van der Waals surface area contributed by atoms with Gasteiger partial charge in [-0.3, -0.25) is 9.59 Å². The van der Waals surface area contributed by atoms with Crippen LogP contribution >= 0.6 is 0 Å². The van der Waals surface area contributed by atoms with Crippen molar-refractivity contribution in [3.05, 3.63) is 96.1 Å². The first-order valence-corrected chi connectivity index (χ1v) is 11.8. The van der Waals surface area contributed by atoms with Crippen LogP contribution in [0.3, 0.4) is 0 Å². The summed E-state index contributed by atoms with van der Waals surface area (Å²) in [6.07, 6.45) is 2.56. The molecule has 0 aliphatic rings. The molecule has 216 valence electrons. The van der Waals surface area contributed by atoms with Crippen molar-refractivity contribution in [2.45, 2.75) is 0 Å². The zero-order valence-corrected chi connectivity index (χ0v) is 23.5. The molecule has 2 amide bonds. The van der Waals surface area contributed by atoms with Gasteiger partial charge in [-0.05, 0) is 47.5 Å². The number of carboxylic acids is 2. The van der Waals surface area contributed by atoms with E-state index in [1.54, 1.807) is 12.1 Å². The van der Waals surface area contributed by atoms with E-state index in [9.17, 15) is 48.4 Å². The van der Waals surface area contributed by atoms with Crippen molar-refractivity contribution in [1.29, 1.82) is 0 Å². The number of rotatable bonds is 8. The molecule has 0 fully saturated rings. The first kappa shape index (κ1) is 34.0. The van der Waals surface area contributed by atoms with Gasteiger partial charge in [0.05, 0.1) is 25.0 Å². The Labute approximate surface area is 258 Å². The quantitative estimate of drug-likeness (QED) is 0.195. The number of carboxylic acid groups (broad SMARTS) is 2. The van der Waals surface area contributed by atoms with Gasteiger partial charge >= 0.3 is 23.1 Å². The molecule has 15 heteroatoms. The number of halogens is 2. The Balaban J connectivity index is 0.000000293. The second kappa shape index (κ2) is 15.7. The summed E-state index contributed by atoms with van der Waals surface area (Å²) in [6, 6.07) is 13.8. The topological polar surface area (TPSA) is 205 Å². The van der Waals surface area contributed by atoms with E-state index in [0.29, 0.717) is 22.3 Å². The average molecular weight is 603 g/mol. The van der Waals surface area contributed by atoms with E-state index in [2.05, 4.69) is 9.97 Å². The van der Waals surface area contributed by atoms with Crippen LogP contribution in [0.4, 0.5) is 8.78 Å². The summed E-state index contributed by atoms with van der Waals surface area (Å²) in [5.74, 6) is -6.37. The van der Waals surface area contributed by atoms with E-state index in [4.69, 9.17) is 0 Å². The van der Waals surface area contributed by atoms with E-state index < -0.39 is 60.0 Å². The molecule has 2 heterocycles. The molecule has 0 unspecified atom stereocenters. The molecule has 0 aliphatic carbocycles. The maximum absolute atomic E-state index is 13.1. The van der Waals surface area contributed by atoms with Gasteiger partial charge in [-0.15, -0.1) is 0 Å². The monoisotopic (exact) mass is 602 g/mol. The Morgan fingerprint density at radius 3 is 1.33 bits per heavy atom. The minimum Gasteiger partial charge on any atom is -0.548 e. The summed E-state index contributed by atoms with van der Waals surface area (Å²) in [7, 11) is 0. The Morgan fingerprint density at radius 2 is 1.02 bits per heavy atom. The van der Waals surface area contributed by atoms with Crippen molar-refractivity contribution < 1.29 is 48.4 Å². The van der Waals surface area contributed by atoms with Crippen LogP contribution in [0.15, 0.2) is 73.1 Å². The molecule has 2 aromatic heterocycles. The van der Waals surface area contributed by atoms with Crippen LogP contribution in [-0.4, -0.2) is 80.1 Å². The van der Waals surface area contributed by atoms with Crippen LogP contribution in [0.5, 0.6) is 11.5 Å². The standard InChI is InChI=1S/2C14H11FN2O4.Mg/c2*15-10-3-1-2-8(4-10)9-5-11(18)13(16-6-9)14(21)17-7-12(19)20;/h2*1-6,18H,7H2,(H,17,21)(H,19,20);/q;;+2/p-2. The average Bonchev–Trinajstić information content (AvgIpc) is 2.95. The maximum Gasteiger partial charge on any atom is 2.00 e. The second-order valence-electron chi connectivity index (χ2n) is 8.31. The van der Waals surface area contributed by atoms with Gasteiger partial charge in [0, 0.05) is 23.5 Å². The molecule has 0 atom stereocenters. The van der Waals surface area contributed by atoms with E-state index in [0.717, 1.165) is 0 Å². The molecule has 0 spiro atoms. The number of carbonyl (C=O) groups is 4. The number of nitrogens with one attached hydrogen (secondary N) is 2. The first-order valence-electron chi connectivity index (χ1n) is 11.8. The van der Waals surface area contributed by atoms with E-state index in [1.165, 1.54) is 60.9 Å². The fraction of sp³-hybridized carbons (Fsp3) is 0.0714. The molecule has 12 nitrogen and oxygen atoms in total. The predicted octanol–water partition coefficient (Wildman–Crippen LogP) is -0.235. The SMILES string of the molecule is O=C([O-])CNC(=O)c1ncc(-c2cccc(F)c2)cc1O.O=C([O-])CNC(=O)c1ncc(-c2cccc(F)c2)cc1O.[Mg+2]. The number of aromatic hydroxyl groups is 2. The summed E-state index contributed by atoms with van der Waals surface area (Å²) in [6.45, 7) is -1.38. The zero-order valence-electron chi connectivity index (χ0n) is 22.0. The van der Waals surface area contributed by atoms with Crippen LogP contribution in [0.1, 0.15) is 21.0 Å². The molecular formula is C28H20F2MgN4O8. The Bertz CT molecular complexity index is 1530. The number of amides is 2. The van der Waals surface area contributed by atoms with Crippen molar-refractivity contribution in [3.63, 3.8) is 0 Å². The van der Waals surface area contributed by atoms with Crippen LogP contribution in [-0.2, 0) is 9.59 Å². The molecule has 0 saturated carbocycles. The predicted molar refractivity (Wildman–Crippen MR) is 143 cm³/mol. The van der Waals surface area contributed by atoms with Crippen molar-refractivity contribution in [2.24, 2.45) is 0 Å². The molecule has 0 saturated heterocycles. The van der Waals surface area contributed by atoms with E-state index in [-0.39, 0.29) is 34.4 Å². The normalized spacial score (nSPS) is 9.91. The van der Waals surface area contributed by atoms with Crippen LogP contribution in [0, 0.1) is 11.6 Å². The number of hydrogen-bond donors (Lipinski definition) is 4. The second-order valence-corrected chi connectivity index (χ2v) is 8.31. The third-order valence-corrected chi connectivity index (χ3v) is 5.27. The summed E-state index contributed by atoms with van der Waals surface area (Å²) in [5, 5.41) is 44.1. The molecule has 4 aromatic rings. The Morgan fingerprint density at radius 1 is 0.651 bits per heavy atom. The number of benzene rings is 2. The summed E-state index contributed by atoms with van der Waals surface area (Å²) < 4.78 is 26.3. The zero-order chi connectivity index (χ0) is 30.8. The smallest absolute Gasteiger partial charge is 0.548 e. The summed E-state index contributed by atoms with van der Waals surface area (Å²) in [5.41, 5.74) is 1.17. The third-order valence-electron chi connectivity index (χ3n) is 5.27. The van der Waals surface area contributed by atoms with E-state index >= 15 is 0 Å². The number of nitrogens with zero attached hydrogens (tertiary/aromatic N) is 2. The molecular weight excluding hydrogens is 583 g/mol. The van der Waals surface area contributed by atoms with Crippen molar-refractivity contribution in [3.8, 4) is 33.8 Å².